The minimum atomic E-state index is -0.495. The first kappa shape index (κ1) is 11.4. The summed E-state index contributed by atoms with van der Waals surface area (Å²) in [6.07, 6.45) is 4.96. The van der Waals surface area contributed by atoms with Gasteiger partial charge in [-0.15, -0.1) is 0 Å². The summed E-state index contributed by atoms with van der Waals surface area (Å²) in [7, 11) is 0. The lowest BCUT2D eigenvalue weighted by Gasteiger charge is -2.00. The molecule has 78 valence electrons. The summed E-state index contributed by atoms with van der Waals surface area (Å²) < 4.78 is 0. The van der Waals surface area contributed by atoms with E-state index in [9.17, 15) is 9.59 Å². The summed E-state index contributed by atoms with van der Waals surface area (Å²) >= 11 is 0. The van der Waals surface area contributed by atoms with Crippen LogP contribution in [0.3, 0.4) is 0 Å². The van der Waals surface area contributed by atoms with Gasteiger partial charge in [0.15, 0.2) is 0 Å². The van der Waals surface area contributed by atoms with Crippen molar-refractivity contribution in [2.45, 2.75) is 13.3 Å². The lowest BCUT2D eigenvalue weighted by Crippen LogP contribution is -2.10. The van der Waals surface area contributed by atoms with Crippen LogP contribution in [0.4, 0.5) is 0 Å². The Morgan fingerprint density at radius 2 is 2.00 bits per heavy atom. The van der Waals surface area contributed by atoms with E-state index in [1.807, 2.05) is 42.5 Å². The summed E-state index contributed by atoms with van der Waals surface area (Å²) in [5.41, 5.74) is 1.07. The molecule has 0 aliphatic heterocycles. The van der Waals surface area contributed by atoms with Crippen molar-refractivity contribution < 1.29 is 9.59 Å². The molecule has 0 amide bonds. The van der Waals surface area contributed by atoms with Crippen LogP contribution < -0.4 is 0 Å². The van der Waals surface area contributed by atoms with Crippen LogP contribution in [0.1, 0.15) is 18.9 Å². The van der Waals surface area contributed by atoms with Crippen LogP contribution in [-0.4, -0.2) is 12.1 Å². The molecule has 0 heterocycles. The minimum absolute atomic E-state index is 0.0808. The molecule has 0 saturated carbocycles. The highest BCUT2D eigenvalue weighted by Crippen LogP contribution is 2.06. The van der Waals surface area contributed by atoms with E-state index in [-0.39, 0.29) is 5.78 Å². The summed E-state index contributed by atoms with van der Waals surface area (Å²) in [5, 5.41) is 0. The van der Waals surface area contributed by atoms with Gasteiger partial charge in [0.05, 0.1) is 5.92 Å². The Morgan fingerprint density at radius 1 is 1.33 bits per heavy atom. The topological polar surface area (TPSA) is 34.1 Å². The van der Waals surface area contributed by atoms with Gasteiger partial charge in [0.2, 0.25) is 0 Å². The van der Waals surface area contributed by atoms with Crippen molar-refractivity contribution in [1.29, 1.82) is 0 Å². The largest absolute Gasteiger partial charge is 0.303 e. The van der Waals surface area contributed by atoms with Crippen molar-refractivity contribution in [3.63, 3.8) is 0 Å². The number of Topliss-reactive ketones (excluding diaryl/α,β-unsaturated/α-hetero) is 1. The van der Waals surface area contributed by atoms with Gasteiger partial charge in [0.1, 0.15) is 12.1 Å². The standard InChI is InChI=1S/C13H14O2/c1-11(15)13(10-14)9-5-8-12-6-3-2-4-7-12/h2-8,10,13H,9H2,1H3/b8-5+. The molecule has 0 aliphatic rings. The number of rotatable bonds is 5. The zero-order valence-corrected chi connectivity index (χ0v) is 8.72. The molecule has 0 saturated heterocycles. The summed E-state index contributed by atoms with van der Waals surface area (Å²) in [6.45, 7) is 1.44. The van der Waals surface area contributed by atoms with Crippen LogP contribution in [0.15, 0.2) is 36.4 Å². The lowest BCUT2D eigenvalue weighted by molar-refractivity contribution is -0.125. The second kappa shape index (κ2) is 5.91. The molecule has 1 aromatic rings. The molecule has 2 heteroatoms. The van der Waals surface area contributed by atoms with E-state index in [1.165, 1.54) is 6.92 Å². The Hall–Kier alpha value is -1.70. The minimum Gasteiger partial charge on any atom is -0.303 e. The molecule has 0 spiro atoms. The van der Waals surface area contributed by atoms with E-state index in [4.69, 9.17) is 0 Å². The fourth-order valence-electron chi connectivity index (χ4n) is 1.23. The highest BCUT2D eigenvalue weighted by atomic mass is 16.1. The smallest absolute Gasteiger partial charge is 0.140 e. The number of allylic oxidation sites excluding steroid dienone is 1. The highest BCUT2D eigenvalue weighted by molar-refractivity contribution is 5.91. The van der Waals surface area contributed by atoms with Gasteiger partial charge < -0.3 is 4.79 Å². The maximum absolute atomic E-state index is 11.0. The first-order valence-corrected chi connectivity index (χ1v) is 4.91. The maximum atomic E-state index is 11.0. The van der Waals surface area contributed by atoms with Crippen molar-refractivity contribution in [2.75, 3.05) is 0 Å². The number of carbonyl (C=O) groups excluding carboxylic acids is 2. The Bertz CT molecular complexity index is 352. The van der Waals surface area contributed by atoms with E-state index in [1.54, 1.807) is 0 Å². The Morgan fingerprint density at radius 3 is 2.53 bits per heavy atom. The van der Waals surface area contributed by atoms with Crippen LogP contribution in [0, 0.1) is 5.92 Å². The van der Waals surface area contributed by atoms with Gasteiger partial charge >= 0.3 is 0 Å². The molecule has 0 bridgehead atoms. The number of hydrogen-bond acceptors (Lipinski definition) is 2. The third-order valence-corrected chi connectivity index (χ3v) is 2.19. The third kappa shape index (κ3) is 3.90. The zero-order chi connectivity index (χ0) is 11.1. The summed E-state index contributed by atoms with van der Waals surface area (Å²) in [5.74, 6) is -0.576. The zero-order valence-electron chi connectivity index (χ0n) is 8.72. The quantitative estimate of drug-likeness (QED) is 0.543. The van der Waals surface area contributed by atoms with Gasteiger partial charge in [0.25, 0.3) is 0 Å². The number of ketones is 1. The number of carbonyl (C=O) groups is 2. The second-order valence-corrected chi connectivity index (χ2v) is 3.40. The molecule has 2 nitrogen and oxygen atoms in total. The van der Waals surface area contributed by atoms with E-state index in [2.05, 4.69) is 0 Å². The Labute approximate surface area is 89.6 Å². The molecule has 1 aromatic carbocycles. The first-order chi connectivity index (χ1) is 7.24. The number of aldehydes is 1. The van der Waals surface area contributed by atoms with E-state index < -0.39 is 5.92 Å². The molecule has 0 aromatic heterocycles. The number of hydrogen-bond donors (Lipinski definition) is 0. The van der Waals surface area contributed by atoms with E-state index in [0.29, 0.717) is 12.7 Å². The molecule has 0 radical (unpaired) electrons. The van der Waals surface area contributed by atoms with Gasteiger partial charge in [-0.25, -0.2) is 0 Å². The molecule has 0 fully saturated rings. The fraction of sp³-hybridized carbons (Fsp3) is 0.231. The molecular weight excluding hydrogens is 188 g/mol. The molecule has 1 rings (SSSR count). The van der Waals surface area contributed by atoms with Gasteiger partial charge in [-0.1, -0.05) is 42.5 Å². The maximum Gasteiger partial charge on any atom is 0.140 e. The van der Waals surface area contributed by atoms with E-state index >= 15 is 0 Å². The van der Waals surface area contributed by atoms with Crippen LogP contribution in [0.2, 0.25) is 0 Å². The number of benzene rings is 1. The average Bonchev–Trinajstić information content (AvgIpc) is 2.25. The van der Waals surface area contributed by atoms with Crippen LogP contribution in [0.25, 0.3) is 6.08 Å². The molecule has 0 aliphatic carbocycles. The molecular formula is C13H14O2. The summed E-state index contributed by atoms with van der Waals surface area (Å²) in [4.78, 5) is 21.5. The summed E-state index contributed by atoms with van der Waals surface area (Å²) in [6, 6.07) is 9.78. The van der Waals surface area contributed by atoms with Crippen LogP contribution >= 0.6 is 0 Å². The first-order valence-electron chi connectivity index (χ1n) is 4.91. The molecule has 0 N–H and O–H groups in total. The molecule has 1 unspecified atom stereocenters. The Balaban J connectivity index is 2.53. The van der Waals surface area contributed by atoms with Crippen molar-refractivity contribution in [2.24, 2.45) is 5.92 Å². The normalized spacial score (nSPS) is 12.6. The lowest BCUT2D eigenvalue weighted by atomic mass is 10.0. The third-order valence-electron chi connectivity index (χ3n) is 2.19. The SMILES string of the molecule is CC(=O)C(C=O)C/C=C/c1ccccc1. The van der Waals surface area contributed by atoms with Gasteiger partial charge in [-0.3, -0.25) is 4.79 Å². The fourth-order valence-corrected chi connectivity index (χ4v) is 1.23. The van der Waals surface area contributed by atoms with Crippen LogP contribution in [-0.2, 0) is 9.59 Å². The van der Waals surface area contributed by atoms with Gasteiger partial charge in [-0.2, -0.15) is 0 Å². The monoisotopic (exact) mass is 202 g/mol. The predicted molar refractivity (Wildman–Crippen MR) is 60.3 cm³/mol. The van der Waals surface area contributed by atoms with Gasteiger partial charge in [0, 0.05) is 0 Å². The van der Waals surface area contributed by atoms with Crippen molar-refractivity contribution >= 4 is 18.1 Å². The average molecular weight is 202 g/mol. The van der Waals surface area contributed by atoms with Crippen molar-refractivity contribution in [3.8, 4) is 0 Å². The van der Waals surface area contributed by atoms with Crippen molar-refractivity contribution in [3.05, 3.63) is 42.0 Å². The predicted octanol–water partition coefficient (Wildman–Crippen LogP) is 2.49. The Kier molecular flexibility index (Phi) is 4.48. The molecule has 15 heavy (non-hydrogen) atoms. The van der Waals surface area contributed by atoms with Gasteiger partial charge in [-0.05, 0) is 18.9 Å². The molecule has 1 atom stereocenters. The highest BCUT2D eigenvalue weighted by Gasteiger charge is 2.09. The second-order valence-electron chi connectivity index (χ2n) is 3.40. The van der Waals surface area contributed by atoms with E-state index in [0.717, 1.165) is 5.56 Å². The van der Waals surface area contributed by atoms with Crippen molar-refractivity contribution in [1.82, 2.24) is 0 Å². The van der Waals surface area contributed by atoms with Crippen LogP contribution in [0.5, 0.6) is 0 Å².